The van der Waals surface area contributed by atoms with Gasteiger partial charge in [-0.25, -0.2) is 0 Å². The molecule has 0 spiro atoms. The van der Waals surface area contributed by atoms with Crippen LogP contribution in [0.1, 0.15) is 20.3 Å². The zero-order chi connectivity index (χ0) is 12.6. The molecule has 1 nitrogen and oxygen atoms in total. The van der Waals surface area contributed by atoms with Crippen LogP contribution in [0.2, 0.25) is 0 Å². The maximum absolute atomic E-state index is 4.10. The molecule has 0 radical (unpaired) electrons. The maximum atomic E-state index is 4.10. The number of rotatable bonds is 8. The van der Waals surface area contributed by atoms with Crippen molar-refractivity contribution < 1.29 is 0 Å². The van der Waals surface area contributed by atoms with Gasteiger partial charge in [-0.2, -0.15) is 0 Å². The summed E-state index contributed by atoms with van der Waals surface area (Å²) >= 11 is 0. The van der Waals surface area contributed by atoms with Gasteiger partial charge in [0.1, 0.15) is 0 Å². The van der Waals surface area contributed by atoms with Crippen molar-refractivity contribution in [1.29, 1.82) is 0 Å². The van der Waals surface area contributed by atoms with E-state index in [2.05, 4.69) is 50.7 Å². The van der Waals surface area contributed by atoms with Crippen molar-refractivity contribution in [3.05, 3.63) is 62.0 Å². The van der Waals surface area contributed by atoms with Crippen LogP contribution < -0.4 is 5.32 Å². The molecule has 0 bridgehead atoms. The summed E-state index contributed by atoms with van der Waals surface area (Å²) in [5.74, 6) is 0.771. The fourth-order valence-corrected chi connectivity index (χ4v) is 1.73. The number of allylic oxidation sites excluding steroid dienone is 4. The van der Waals surface area contributed by atoms with E-state index >= 15 is 0 Å². The lowest BCUT2D eigenvalue weighted by Gasteiger charge is -2.24. The van der Waals surface area contributed by atoms with Gasteiger partial charge < -0.3 is 5.32 Å². The van der Waals surface area contributed by atoms with Gasteiger partial charge in [-0.3, -0.25) is 0 Å². The second-order valence-electron chi connectivity index (χ2n) is 3.87. The number of hydrogen-bond acceptors (Lipinski definition) is 1. The molecule has 0 saturated carbocycles. The van der Waals surface area contributed by atoms with Crippen LogP contribution in [0.25, 0.3) is 0 Å². The Morgan fingerprint density at radius 2 is 1.94 bits per heavy atom. The van der Waals surface area contributed by atoms with Crippen LogP contribution >= 0.6 is 0 Å². The first kappa shape index (κ1) is 14.5. The lowest BCUT2D eigenvalue weighted by molar-refractivity contribution is 0.493. The van der Waals surface area contributed by atoms with E-state index in [1.165, 1.54) is 0 Å². The minimum Gasteiger partial charge on any atom is -0.363 e. The smallest absolute Gasteiger partial charge is 0.0336 e. The van der Waals surface area contributed by atoms with Crippen LogP contribution in [0, 0.1) is 11.8 Å². The zero-order valence-electron chi connectivity index (χ0n) is 10.5. The molecule has 88 valence electrons. The fourth-order valence-electron chi connectivity index (χ4n) is 1.73. The third kappa shape index (κ3) is 4.35. The molecule has 0 aromatic rings. The van der Waals surface area contributed by atoms with Crippen molar-refractivity contribution in [2.45, 2.75) is 20.3 Å². The number of nitrogens with one attached hydrogen (secondary N) is 1. The molecule has 16 heavy (non-hydrogen) atoms. The Hall–Kier alpha value is -1.50. The van der Waals surface area contributed by atoms with Gasteiger partial charge >= 0.3 is 0 Å². The predicted molar refractivity (Wildman–Crippen MR) is 73.9 cm³/mol. The minimum atomic E-state index is 0.341. The van der Waals surface area contributed by atoms with Crippen LogP contribution in [0.5, 0.6) is 0 Å². The molecule has 0 rings (SSSR count). The molecule has 2 atom stereocenters. The van der Waals surface area contributed by atoms with E-state index in [9.17, 15) is 0 Å². The molecule has 0 heterocycles. The van der Waals surface area contributed by atoms with E-state index in [0.717, 1.165) is 17.7 Å². The molecule has 2 unspecified atom stereocenters. The molecule has 0 amide bonds. The third-order valence-corrected chi connectivity index (χ3v) is 2.66. The Labute approximate surface area is 100.0 Å². The maximum Gasteiger partial charge on any atom is 0.0336 e. The largest absolute Gasteiger partial charge is 0.363 e. The monoisotopic (exact) mass is 217 g/mol. The Morgan fingerprint density at radius 3 is 2.38 bits per heavy atom. The van der Waals surface area contributed by atoms with Crippen LogP contribution in [0.15, 0.2) is 62.0 Å². The average molecular weight is 217 g/mol. The highest BCUT2D eigenvalue weighted by molar-refractivity contribution is 5.29. The first-order chi connectivity index (χ1) is 7.58. The third-order valence-electron chi connectivity index (χ3n) is 2.66. The summed E-state index contributed by atoms with van der Waals surface area (Å²) in [5, 5.41) is 2.99. The van der Waals surface area contributed by atoms with Crippen LogP contribution in [-0.4, -0.2) is 0 Å². The Kier molecular flexibility index (Phi) is 7.02. The Bertz CT molecular complexity index is 297. The molecule has 0 fully saturated rings. The molecule has 0 saturated heterocycles. The van der Waals surface area contributed by atoms with Gasteiger partial charge in [-0.15, -0.1) is 6.58 Å². The number of hydrogen-bond donors (Lipinski definition) is 1. The zero-order valence-corrected chi connectivity index (χ0v) is 10.5. The normalized spacial score (nSPS) is 14.1. The highest BCUT2D eigenvalue weighted by Gasteiger charge is 2.18. The van der Waals surface area contributed by atoms with Crippen LogP contribution in [-0.2, 0) is 0 Å². The second kappa shape index (κ2) is 7.75. The van der Waals surface area contributed by atoms with E-state index in [-0.39, 0.29) is 0 Å². The molecule has 0 aliphatic carbocycles. The molecular formula is C15H23N. The van der Waals surface area contributed by atoms with Gasteiger partial charge in [0.25, 0.3) is 0 Å². The molecule has 1 heteroatoms. The SMILES string of the molecule is C=CCC(C(=C)C(=C)NC=C)C(C)C=CC. The molecule has 1 N–H and O–H groups in total. The van der Waals surface area contributed by atoms with Crippen molar-refractivity contribution in [1.82, 2.24) is 5.32 Å². The Balaban J connectivity index is 4.75. The summed E-state index contributed by atoms with van der Waals surface area (Å²) < 4.78 is 0. The summed E-state index contributed by atoms with van der Waals surface area (Å²) in [6.07, 6.45) is 8.70. The van der Waals surface area contributed by atoms with Crippen LogP contribution in [0.3, 0.4) is 0 Å². The molecular weight excluding hydrogens is 194 g/mol. The van der Waals surface area contributed by atoms with Gasteiger partial charge in [0, 0.05) is 5.70 Å². The van der Waals surface area contributed by atoms with E-state index < -0.39 is 0 Å². The van der Waals surface area contributed by atoms with Crippen molar-refractivity contribution in [2.24, 2.45) is 11.8 Å². The topological polar surface area (TPSA) is 12.0 Å². The molecule has 0 aromatic carbocycles. The molecule has 0 aromatic heterocycles. The predicted octanol–water partition coefficient (Wildman–Crippen LogP) is 4.19. The first-order valence-electron chi connectivity index (χ1n) is 5.57. The van der Waals surface area contributed by atoms with E-state index in [4.69, 9.17) is 0 Å². The second-order valence-corrected chi connectivity index (χ2v) is 3.87. The van der Waals surface area contributed by atoms with Gasteiger partial charge in [-0.1, -0.05) is 44.9 Å². The lowest BCUT2D eigenvalue weighted by Crippen LogP contribution is -2.17. The quantitative estimate of drug-likeness (QED) is 0.475. The molecule has 0 aliphatic heterocycles. The Morgan fingerprint density at radius 1 is 1.31 bits per heavy atom. The van der Waals surface area contributed by atoms with Crippen molar-refractivity contribution in [2.75, 3.05) is 0 Å². The van der Waals surface area contributed by atoms with Crippen LogP contribution in [0.4, 0.5) is 0 Å². The molecule has 0 aliphatic rings. The van der Waals surface area contributed by atoms with E-state index in [0.29, 0.717) is 11.8 Å². The van der Waals surface area contributed by atoms with Gasteiger partial charge in [0.05, 0.1) is 0 Å². The van der Waals surface area contributed by atoms with Crippen molar-refractivity contribution in [3.8, 4) is 0 Å². The highest BCUT2D eigenvalue weighted by atomic mass is 14.8. The lowest BCUT2D eigenvalue weighted by atomic mass is 9.83. The fraction of sp³-hybridized carbons (Fsp3) is 0.333. The van der Waals surface area contributed by atoms with E-state index in [1.54, 1.807) is 6.20 Å². The van der Waals surface area contributed by atoms with Gasteiger partial charge in [0.15, 0.2) is 0 Å². The summed E-state index contributed by atoms with van der Waals surface area (Å²) in [6.45, 7) is 19.7. The first-order valence-corrected chi connectivity index (χ1v) is 5.57. The average Bonchev–Trinajstić information content (AvgIpc) is 2.25. The van der Waals surface area contributed by atoms with Gasteiger partial charge in [-0.05, 0) is 37.0 Å². The highest BCUT2D eigenvalue weighted by Crippen LogP contribution is 2.28. The van der Waals surface area contributed by atoms with Gasteiger partial charge in [0.2, 0.25) is 0 Å². The summed E-state index contributed by atoms with van der Waals surface area (Å²) in [7, 11) is 0. The summed E-state index contributed by atoms with van der Waals surface area (Å²) in [4.78, 5) is 0. The van der Waals surface area contributed by atoms with E-state index in [1.807, 2.05) is 13.0 Å². The standard InChI is InChI=1S/C15H23N/c1-7-10-12(4)15(11-8-2)13(5)14(6)16-9-3/h7-10,12,15-16H,2-3,5-6,11H2,1,4H3. The minimum absolute atomic E-state index is 0.341. The summed E-state index contributed by atoms with van der Waals surface area (Å²) in [5.41, 5.74) is 1.85. The summed E-state index contributed by atoms with van der Waals surface area (Å²) in [6, 6.07) is 0. The van der Waals surface area contributed by atoms with Crippen molar-refractivity contribution in [3.63, 3.8) is 0 Å². The van der Waals surface area contributed by atoms with Crippen molar-refractivity contribution >= 4 is 0 Å².